The van der Waals surface area contributed by atoms with Crippen LogP contribution in [0.2, 0.25) is 0 Å². The molecule has 1 atom stereocenters. The molecule has 1 amide bonds. The number of Topliss-reactive ketones (excluding diaryl/α,β-unsaturated/α-hetero) is 2. The van der Waals surface area contributed by atoms with Gasteiger partial charge in [0, 0.05) is 6.42 Å². The summed E-state index contributed by atoms with van der Waals surface area (Å²) in [4.78, 5) is 37.3. The van der Waals surface area contributed by atoms with E-state index in [0.717, 1.165) is 4.90 Å². The van der Waals surface area contributed by atoms with Crippen LogP contribution in [-0.2, 0) is 19.4 Å². The summed E-state index contributed by atoms with van der Waals surface area (Å²) in [5.41, 5.74) is 0.354. The monoisotopic (exact) mass is 357 g/mol. The largest absolute Gasteiger partial charge is 0.300 e. The van der Waals surface area contributed by atoms with Gasteiger partial charge in [0.1, 0.15) is 5.78 Å². The van der Waals surface area contributed by atoms with Crippen molar-refractivity contribution in [1.82, 2.24) is 0 Å². The molecule has 7 heteroatoms. The number of nitrogens with zero attached hydrogens (tertiary/aromatic N) is 1. The molecule has 0 N–H and O–H groups in total. The Kier molecular flexibility index (Phi) is 4.26. The van der Waals surface area contributed by atoms with E-state index in [1.165, 1.54) is 31.2 Å². The molecule has 1 heterocycles. The third-order valence-electron chi connectivity index (χ3n) is 4.00. The zero-order valence-electron chi connectivity index (χ0n) is 13.4. The fraction of sp³-hybridized carbons (Fsp3) is 0.167. The normalized spacial score (nSPS) is 15.2. The van der Waals surface area contributed by atoms with Crippen LogP contribution in [0.3, 0.4) is 0 Å². The fourth-order valence-electron chi connectivity index (χ4n) is 2.85. The minimum atomic E-state index is -4.05. The highest BCUT2D eigenvalue weighted by molar-refractivity contribution is 7.92. The van der Waals surface area contributed by atoms with Crippen LogP contribution < -0.4 is 4.90 Å². The van der Waals surface area contributed by atoms with Crippen molar-refractivity contribution in [3.63, 3.8) is 0 Å². The highest BCUT2D eigenvalue weighted by atomic mass is 32.2. The Morgan fingerprint density at radius 3 is 2.24 bits per heavy atom. The zero-order valence-corrected chi connectivity index (χ0v) is 14.2. The Bertz CT molecular complexity index is 966. The van der Waals surface area contributed by atoms with Gasteiger partial charge in [-0.15, -0.1) is 0 Å². The van der Waals surface area contributed by atoms with E-state index in [-0.39, 0.29) is 16.1 Å². The van der Waals surface area contributed by atoms with Crippen LogP contribution in [0, 0.1) is 0 Å². The van der Waals surface area contributed by atoms with Crippen LogP contribution in [0.15, 0.2) is 59.5 Å². The Labute approximate surface area is 145 Å². The standard InChI is InChI=1S/C18H15NO5S/c1-12(20)11-16(25(23,24)13-7-3-2-4-8-13)19-15-10-6-5-9-14(15)17(21)18(19)22/h2-10,16H,11H2,1H3. The van der Waals surface area contributed by atoms with Gasteiger partial charge in [-0.1, -0.05) is 30.3 Å². The molecule has 0 saturated carbocycles. The topological polar surface area (TPSA) is 88.6 Å². The van der Waals surface area contributed by atoms with Crippen LogP contribution >= 0.6 is 0 Å². The SMILES string of the molecule is CC(=O)CC(N1C(=O)C(=O)c2ccccc21)S(=O)(=O)c1ccccc1. The van der Waals surface area contributed by atoms with Crippen molar-refractivity contribution < 1.29 is 22.8 Å². The molecule has 2 aromatic carbocycles. The Hall–Kier alpha value is -2.80. The number of fused-ring (bicyclic) bond motifs is 1. The maximum absolute atomic E-state index is 13.1. The number of hydrogen-bond donors (Lipinski definition) is 0. The summed E-state index contributed by atoms with van der Waals surface area (Å²) >= 11 is 0. The van der Waals surface area contributed by atoms with E-state index in [1.54, 1.807) is 30.3 Å². The molecule has 3 rings (SSSR count). The van der Waals surface area contributed by atoms with E-state index < -0.39 is 39.1 Å². The van der Waals surface area contributed by atoms with Gasteiger partial charge in [-0.3, -0.25) is 19.3 Å². The van der Waals surface area contributed by atoms with E-state index >= 15 is 0 Å². The van der Waals surface area contributed by atoms with Gasteiger partial charge in [-0.2, -0.15) is 0 Å². The summed E-state index contributed by atoms with van der Waals surface area (Å²) in [6.07, 6.45) is -0.398. The van der Waals surface area contributed by atoms with Crippen LogP contribution in [0.5, 0.6) is 0 Å². The highest BCUT2D eigenvalue weighted by Gasteiger charge is 2.45. The van der Waals surface area contributed by atoms with Gasteiger partial charge in [0.15, 0.2) is 15.2 Å². The Morgan fingerprint density at radius 2 is 1.60 bits per heavy atom. The summed E-state index contributed by atoms with van der Waals surface area (Å²) in [7, 11) is -4.05. The zero-order chi connectivity index (χ0) is 18.2. The van der Waals surface area contributed by atoms with Crippen LogP contribution in [-0.4, -0.2) is 31.3 Å². The molecular formula is C18H15NO5S. The number of rotatable bonds is 5. The predicted molar refractivity (Wildman–Crippen MR) is 91.0 cm³/mol. The van der Waals surface area contributed by atoms with Crippen LogP contribution in [0.1, 0.15) is 23.7 Å². The van der Waals surface area contributed by atoms with Gasteiger partial charge in [-0.25, -0.2) is 8.42 Å². The van der Waals surface area contributed by atoms with Crippen molar-refractivity contribution in [2.24, 2.45) is 0 Å². The number of para-hydroxylation sites is 1. The first-order valence-electron chi connectivity index (χ1n) is 7.59. The van der Waals surface area contributed by atoms with Gasteiger partial charge in [0.25, 0.3) is 5.78 Å². The molecule has 0 aromatic heterocycles. The van der Waals surface area contributed by atoms with E-state index in [2.05, 4.69) is 0 Å². The molecule has 0 radical (unpaired) electrons. The van der Waals surface area contributed by atoms with Crippen molar-refractivity contribution in [3.8, 4) is 0 Å². The first kappa shape index (κ1) is 17.0. The lowest BCUT2D eigenvalue weighted by atomic mass is 10.1. The molecule has 1 aliphatic rings. The summed E-state index contributed by atoms with van der Waals surface area (Å²) in [6.45, 7) is 1.25. The third kappa shape index (κ3) is 2.87. The summed E-state index contributed by atoms with van der Waals surface area (Å²) in [5.74, 6) is -2.10. The van der Waals surface area contributed by atoms with Crippen LogP contribution in [0.25, 0.3) is 0 Å². The number of hydrogen-bond acceptors (Lipinski definition) is 5. The van der Waals surface area contributed by atoms with Gasteiger partial charge >= 0.3 is 5.91 Å². The molecule has 128 valence electrons. The van der Waals surface area contributed by atoms with E-state index in [9.17, 15) is 22.8 Å². The van der Waals surface area contributed by atoms with Gasteiger partial charge in [-0.05, 0) is 31.2 Å². The minimum Gasteiger partial charge on any atom is -0.300 e. The number of sulfone groups is 1. The average molecular weight is 357 g/mol. The number of benzene rings is 2. The van der Waals surface area contributed by atoms with Crippen LogP contribution in [0.4, 0.5) is 5.69 Å². The summed E-state index contributed by atoms with van der Waals surface area (Å²) in [6, 6.07) is 13.8. The highest BCUT2D eigenvalue weighted by Crippen LogP contribution is 2.34. The second kappa shape index (κ2) is 6.25. The lowest BCUT2D eigenvalue weighted by Gasteiger charge is -2.27. The van der Waals surface area contributed by atoms with Gasteiger partial charge in [0.2, 0.25) is 0 Å². The van der Waals surface area contributed by atoms with Crippen molar-refractivity contribution >= 4 is 33.0 Å². The minimum absolute atomic E-state index is 0.00844. The van der Waals surface area contributed by atoms with Crippen molar-refractivity contribution in [3.05, 3.63) is 60.2 Å². The third-order valence-corrected chi connectivity index (χ3v) is 6.02. The van der Waals surface area contributed by atoms with Crippen molar-refractivity contribution in [2.75, 3.05) is 4.90 Å². The lowest BCUT2D eigenvalue weighted by molar-refractivity contribution is -0.117. The van der Waals surface area contributed by atoms with E-state index in [4.69, 9.17) is 0 Å². The molecular weight excluding hydrogens is 342 g/mol. The Morgan fingerprint density at radius 1 is 1.00 bits per heavy atom. The van der Waals surface area contributed by atoms with Gasteiger partial charge < -0.3 is 0 Å². The first-order valence-corrected chi connectivity index (χ1v) is 9.14. The molecule has 2 aromatic rings. The molecule has 0 spiro atoms. The second-order valence-corrected chi connectivity index (χ2v) is 7.85. The molecule has 1 aliphatic heterocycles. The quantitative estimate of drug-likeness (QED) is 0.764. The smallest absolute Gasteiger partial charge is 0.300 e. The maximum Gasteiger partial charge on any atom is 0.300 e. The molecule has 0 fully saturated rings. The molecule has 6 nitrogen and oxygen atoms in total. The predicted octanol–water partition coefficient (Wildman–Crippen LogP) is 2.00. The number of carbonyl (C=O) groups is 3. The number of ketones is 2. The van der Waals surface area contributed by atoms with E-state index in [0.29, 0.717) is 0 Å². The molecule has 0 aliphatic carbocycles. The molecule has 0 bridgehead atoms. The van der Waals surface area contributed by atoms with Gasteiger partial charge in [0.05, 0.1) is 16.1 Å². The number of anilines is 1. The maximum atomic E-state index is 13.1. The average Bonchev–Trinajstić information content (AvgIpc) is 2.85. The second-order valence-electron chi connectivity index (χ2n) is 5.74. The Balaban J connectivity index is 2.17. The summed E-state index contributed by atoms with van der Waals surface area (Å²) in [5, 5.41) is -1.47. The molecule has 1 unspecified atom stereocenters. The molecule has 0 saturated heterocycles. The lowest BCUT2D eigenvalue weighted by Crippen LogP contribution is -2.45. The summed E-state index contributed by atoms with van der Waals surface area (Å²) < 4.78 is 26.1. The number of carbonyl (C=O) groups excluding carboxylic acids is 3. The van der Waals surface area contributed by atoms with Crippen molar-refractivity contribution in [1.29, 1.82) is 0 Å². The fourth-order valence-corrected chi connectivity index (χ4v) is 4.64. The number of amides is 1. The first-order chi connectivity index (χ1) is 11.8. The van der Waals surface area contributed by atoms with Crippen molar-refractivity contribution in [2.45, 2.75) is 23.6 Å². The molecule has 25 heavy (non-hydrogen) atoms. The van der Waals surface area contributed by atoms with E-state index in [1.807, 2.05) is 0 Å².